The number of amides is 1. The van der Waals surface area contributed by atoms with Gasteiger partial charge in [0.15, 0.2) is 5.82 Å². The molecule has 2 aromatic carbocycles. The predicted octanol–water partition coefficient (Wildman–Crippen LogP) is 4.01. The van der Waals surface area contributed by atoms with Crippen LogP contribution in [0.3, 0.4) is 0 Å². The lowest BCUT2D eigenvalue weighted by Crippen LogP contribution is -2.39. The number of nitrogens with zero attached hydrogens (tertiary/aromatic N) is 3. The summed E-state index contributed by atoms with van der Waals surface area (Å²) in [6, 6.07) is 11.6. The summed E-state index contributed by atoms with van der Waals surface area (Å²) in [7, 11) is 0. The lowest BCUT2D eigenvalue weighted by atomic mass is 10.0. The third-order valence-corrected chi connectivity index (χ3v) is 6.30. The third kappa shape index (κ3) is 4.26. The molecule has 2 aliphatic heterocycles. The van der Waals surface area contributed by atoms with Gasteiger partial charge >= 0.3 is 0 Å². The van der Waals surface area contributed by atoms with Crippen molar-refractivity contribution in [3.8, 4) is 11.4 Å². The van der Waals surface area contributed by atoms with Crippen molar-refractivity contribution in [1.82, 2.24) is 25.6 Å². The summed E-state index contributed by atoms with van der Waals surface area (Å²) >= 11 is 6.08. The average molecular weight is 455 g/mol. The number of fused-ring (bicyclic) bond motifs is 1. The summed E-state index contributed by atoms with van der Waals surface area (Å²) in [5.41, 5.74) is 7.97. The SMILES string of the molecule is O=C(Nc1cc(-c2nnc3n2CCCCC3)ccc1F)C1CC(c2cccc(Cl)c2)NN1. The summed E-state index contributed by atoms with van der Waals surface area (Å²) in [5, 5.41) is 12.0. The van der Waals surface area contributed by atoms with E-state index in [0.29, 0.717) is 17.3 Å². The molecule has 2 atom stereocenters. The van der Waals surface area contributed by atoms with E-state index in [9.17, 15) is 9.18 Å². The van der Waals surface area contributed by atoms with Gasteiger partial charge in [0, 0.05) is 29.6 Å². The standard InChI is InChI=1S/C23H24ClFN6O/c24-16-6-4-5-14(11-16)18-13-20(28-27-18)23(32)26-19-12-15(8-9-17(19)25)22-30-29-21-7-2-1-3-10-31(21)22/h4-6,8-9,11-12,18,20,27-28H,1-3,7,10,13H2,(H,26,32). The van der Waals surface area contributed by atoms with Gasteiger partial charge in [-0.15, -0.1) is 10.2 Å². The Hall–Kier alpha value is -2.81. The van der Waals surface area contributed by atoms with E-state index in [-0.39, 0.29) is 17.6 Å². The van der Waals surface area contributed by atoms with Crippen LogP contribution in [0.1, 0.15) is 43.1 Å². The maximum Gasteiger partial charge on any atom is 0.243 e. The highest BCUT2D eigenvalue weighted by Crippen LogP contribution is 2.28. The highest BCUT2D eigenvalue weighted by Gasteiger charge is 2.30. The molecule has 1 aromatic heterocycles. The van der Waals surface area contributed by atoms with Crippen LogP contribution < -0.4 is 16.2 Å². The Kier molecular flexibility index (Phi) is 5.91. The quantitative estimate of drug-likeness (QED) is 0.554. The van der Waals surface area contributed by atoms with Crippen LogP contribution in [0.4, 0.5) is 10.1 Å². The summed E-state index contributed by atoms with van der Waals surface area (Å²) in [6.07, 6.45) is 4.74. The topological polar surface area (TPSA) is 83.9 Å². The van der Waals surface area contributed by atoms with Gasteiger partial charge in [0.2, 0.25) is 5.91 Å². The number of carbonyl (C=O) groups is 1. The van der Waals surface area contributed by atoms with Crippen molar-refractivity contribution in [2.75, 3.05) is 5.32 Å². The van der Waals surface area contributed by atoms with E-state index in [4.69, 9.17) is 11.6 Å². The number of hydrogen-bond donors (Lipinski definition) is 3. The van der Waals surface area contributed by atoms with Gasteiger partial charge < -0.3 is 9.88 Å². The van der Waals surface area contributed by atoms with Crippen LogP contribution in [0.2, 0.25) is 5.02 Å². The molecule has 0 spiro atoms. The molecule has 9 heteroatoms. The Morgan fingerprint density at radius 2 is 2.03 bits per heavy atom. The Labute approximate surface area is 190 Å². The number of anilines is 1. The van der Waals surface area contributed by atoms with Crippen molar-refractivity contribution in [1.29, 1.82) is 0 Å². The van der Waals surface area contributed by atoms with E-state index in [1.165, 1.54) is 6.07 Å². The van der Waals surface area contributed by atoms with Gasteiger partial charge in [0.1, 0.15) is 17.7 Å². The minimum absolute atomic E-state index is 0.0629. The van der Waals surface area contributed by atoms with Crippen LogP contribution in [0, 0.1) is 5.82 Å². The van der Waals surface area contributed by atoms with Gasteiger partial charge in [-0.1, -0.05) is 30.2 Å². The molecule has 166 valence electrons. The smallest absolute Gasteiger partial charge is 0.243 e. The van der Waals surface area contributed by atoms with Crippen LogP contribution in [-0.4, -0.2) is 26.7 Å². The van der Waals surface area contributed by atoms with E-state index in [0.717, 1.165) is 49.2 Å². The van der Waals surface area contributed by atoms with Crippen molar-refractivity contribution in [2.45, 2.75) is 50.7 Å². The first-order valence-electron chi connectivity index (χ1n) is 10.9. The molecule has 0 bridgehead atoms. The van der Waals surface area contributed by atoms with Crippen molar-refractivity contribution in [2.24, 2.45) is 0 Å². The number of nitrogens with one attached hydrogen (secondary N) is 3. The molecule has 3 aromatic rings. The molecule has 2 aliphatic rings. The molecule has 3 N–H and O–H groups in total. The number of benzene rings is 2. The van der Waals surface area contributed by atoms with Crippen molar-refractivity contribution < 1.29 is 9.18 Å². The van der Waals surface area contributed by atoms with E-state index >= 15 is 0 Å². The number of carbonyl (C=O) groups excluding carboxylic acids is 1. The Morgan fingerprint density at radius 1 is 1.12 bits per heavy atom. The van der Waals surface area contributed by atoms with Crippen molar-refractivity contribution in [3.63, 3.8) is 0 Å². The number of hydrogen-bond acceptors (Lipinski definition) is 5. The normalized spacial score (nSPS) is 20.6. The number of rotatable bonds is 4. The van der Waals surface area contributed by atoms with Gasteiger partial charge in [-0.2, -0.15) is 0 Å². The molecular weight excluding hydrogens is 431 g/mol. The largest absolute Gasteiger partial charge is 0.322 e. The van der Waals surface area contributed by atoms with Crippen molar-refractivity contribution in [3.05, 3.63) is 64.7 Å². The van der Waals surface area contributed by atoms with Crippen LogP contribution in [-0.2, 0) is 17.8 Å². The zero-order chi connectivity index (χ0) is 22.1. The second kappa shape index (κ2) is 8.97. The van der Waals surface area contributed by atoms with Crippen LogP contribution >= 0.6 is 11.6 Å². The van der Waals surface area contributed by atoms with Crippen LogP contribution in [0.15, 0.2) is 42.5 Å². The van der Waals surface area contributed by atoms with Crippen LogP contribution in [0.25, 0.3) is 11.4 Å². The number of aryl methyl sites for hydroxylation is 1. The molecule has 1 amide bonds. The maximum absolute atomic E-state index is 14.5. The molecule has 3 heterocycles. The molecule has 1 fully saturated rings. The summed E-state index contributed by atoms with van der Waals surface area (Å²) in [6.45, 7) is 0.847. The lowest BCUT2D eigenvalue weighted by molar-refractivity contribution is -0.117. The maximum atomic E-state index is 14.5. The molecular formula is C23H24ClFN6O. The predicted molar refractivity (Wildman–Crippen MR) is 120 cm³/mol. The monoisotopic (exact) mass is 454 g/mol. The first kappa shape index (κ1) is 21.1. The second-order valence-electron chi connectivity index (χ2n) is 8.27. The Morgan fingerprint density at radius 3 is 2.91 bits per heavy atom. The molecule has 2 unspecified atom stereocenters. The van der Waals surface area contributed by atoms with Crippen LogP contribution in [0.5, 0.6) is 0 Å². The summed E-state index contributed by atoms with van der Waals surface area (Å²) in [5.74, 6) is 0.868. The zero-order valence-corrected chi connectivity index (χ0v) is 18.2. The molecule has 7 nitrogen and oxygen atoms in total. The Balaban J connectivity index is 1.32. The van der Waals surface area contributed by atoms with Gasteiger partial charge in [-0.25, -0.2) is 15.2 Å². The molecule has 32 heavy (non-hydrogen) atoms. The minimum Gasteiger partial charge on any atom is -0.322 e. The fourth-order valence-corrected chi connectivity index (χ4v) is 4.55. The summed E-state index contributed by atoms with van der Waals surface area (Å²) in [4.78, 5) is 12.8. The van der Waals surface area contributed by atoms with Crippen molar-refractivity contribution >= 4 is 23.2 Å². The van der Waals surface area contributed by atoms with Gasteiger partial charge in [-0.3, -0.25) is 4.79 Å². The van der Waals surface area contributed by atoms with Gasteiger partial charge in [0.05, 0.1) is 5.69 Å². The molecule has 0 aliphatic carbocycles. The minimum atomic E-state index is -0.508. The number of hydrazine groups is 1. The highest BCUT2D eigenvalue weighted by molar-refractivity contribution is 6.30. The second-order valence-corrected chi connectivity index (χ2v) is 8.71. The van der Waals surface area contributed by atoms with E-state index < -0.39 is 11.9 Å². The molecule has 1 saturated heterocycles. The highest BCUT2D eigenvalue weighted by atomic mass is 35.5. The van der Waals surface area contributed by atoms with Gasteiger partial charge in [0.25, 0.3) is 0 Å². The lowest BCUT2D eigenvalue weighted by Gasteiger charge is -2.13. The van der Waals surface area contributed by atoms with E-state index in [1.54, 1.807) is 12.1 Å². The number of halogens is 2. The Bertz CT molecular complexity index is 1150. The first-order valence-corrected chi connectivity index (χ1v) is 11.3. The van der Waals surface area contributed by atoms with Gasteiger partial charge in [-0.05, 0) is 55.2 Å². The summed E-state index contributed by atoms with van der Waals surface area (Å²) < 4.78 is 16.6. The molecule has 0 saturated carbocycles. The molecule has 0 radical (unpaired) electrons. The zero-order valence-electron chi connectivity index (χ0n) is 17.4. The van der Waals surface area contributed by atoms with E-state index in [1.807, 2.05) is 24.3 Å². The molecule has 5 rings (SSSR count). The van der Waals surface area contributed by atoms with E-state index in [2.05, 4.69) is 30.9 Å². The fourth-order valence-electron chi connectivity index (χ4n) is 4.35. The number of aromatic nitrogens is 3. The first-order chi connectivity index (χ1) is 15.6. The average Bonchev–Trinajstić information content (AvgIpc) is 3.37. The fraction of sp³-hybridized carbons (Fsp3) is 0.348. The third-order valence-electron chi connectivity index (χ3n) is 6.06.